The van der Waals surface area contributed by atoms with Gasteiger partial charge in [0.15, 0.2) is 0 Å². The standard InChI is InChI=1S/C20H24O/c1-5-7-18-12-17(10-11-20(18)21)19-13-16(14(3)4)9-8-15(19)6-2/h5,7-14,21H,6H2,1-4H3. The summed E-state index contributed by atoms with van der Waals surface area (Å²) in [5.41, 5.74) is 6.00. The van der Waals surface area contributed by atoms with Gasteiger partial charge in [-0.25, -0.2) is 0 Å². The van der Waals surface area contributed by atoms with Crippen molar-refractivity contribution in [3.63, 3.8) is 0 Å². The van der Waals surface area contributed by atoms with Crippen LogP contribution in [0.25, 0.3) is 17.2 Å². The Hall–Kier alpha value is -2.02. The Bertz CT molecular complexity index is 651. The average molecular weight is 280 g/mol. The zero-order valence-corrected chi connectivity index (χ0v) is 13.4. The largest absolute Gasteiger partial charge is 0.507 e. The molecular formula is C20H24O. The van der Waals surface area contributed by atoms with E-state index in [1.807, 2.05) is 25.1 Å². The molecule has 2 aromatic rings. The first-order chi connectivity index (χ1) is 10.1. The number of allylic oxidation sites excluding steroid dienone is 1. The first-order valence-electron chi connectivity index (χ1n) is 7.65. The number of benzene rings is 2. The van der Waals surface area contributed by atoms with Crippen molar-refractivity contribution < 1.29 is 5.11 Å². The van der Waals surface area contributed by atoms with E-state index in [0.717, 1.165) is 12.0 Å². The van der Waals surface area contributed by atoms with Crippen LogP contribution in [-0.4, -0.2) is 5.11 Å². The molecule has 0 heterocycles. The van der Waals surface area contributed by atoms with Gasteiger partial charge < -0.3 is 5.11 Å². The Morgan fingerprint density at radius 3 is 2.48 bits per heavy atom. The maximum Gasteiger partial charge on any atom is 0.122 e. The third-order valence-corrected chi connectivity index (χ3v) is 3.87. The van der Waals surface area contributed by atoms with E-state index in [1.54, 1.807) is 6.07 Å². The Kier molecular flexibility index (Phi) is 4.85. The van der Waals surface area contributed by atoms with Crippen LogP contribution in [0.5, 0.6) is 5.75 Å². The number of hydrogen-bond donors (Lipinski definition) is 1. The van der Waals surface area contributed by atoms with Gasteiger partial charge in [-0.2, -0.15) is 0 Å². The Balaban J connectivity index is 2.59. The van der Waals surface area contributed by atoms with Crippen LogP contribution in [0.1, 0.15) is 50.3 Å². The summed E-state index contributed by atoms with van der Waals surface area (Å²) < 4.78 is 0. The first-order valence-corrected chi connectivity index (χ1v) is 7.65. The lowest BCUT2D eigenvalue weighted by molar-refractivity contribution is 0.474. The predicted molar refractivity (Wildman–Crippen MR) is 91.7 cm³/mol. The highest BCUT2D eigenvalue weighted by molar-refractivity contribution is 5.73. The maximum absolute atomic E-state index is 9.93. The van der Waals surface area contributed by atoms with Gasteiger partial charge in [0.25, 0.3) is 0 Å². The molecule has 2 rings (SSSR count). The molecule has 1 heteroatoms. The Morgan fingerprint density at radius 2 is 1.86 bits per heavy atom. The van der Waals surface area contributed by atoms with E-state index in [4.69, 9.17) is 0 Å². The van der Waals surface area contributed by atoms with E-state index in [-0.39, 0.29) is 0 Å². The number of phenols is 1. The minimum atomic E-state index is 0.329. The second kappa shape index (κ2) is 6.62. The number of aromatic hydroxyl groups is 1. The topological polar surface area (TPSA) is 20.2 Å². The quantitative estimate of drug-likeness (QED) is 0.752. The molecule has 0 unspecified atom stereocenters. The van der Waals surface area contributed by atoms with Crippen molar-refractivity contribution in [1.82, 2.24) is 0 Å². The lowest BCUT2D eigenvalue weighted by atomic mass is 9.91. The van der Waals surface area contributed by atoms with Crippen molar-refractivity contribution in [2.24, 2.45) is 0 Å². The van der Waals surface area contributed by atoms with Gasteiger partial charge in [-0.1, -0.05) is 57.2 Å². The fraction of sp³-hybridized carbons (Fsp3) is 0.300. The number of rotatable bonds is 4. The van der Waals surface area contributed by atoms with Crippen LogP contribution >= 0.6 is 0 Å². The lowest BCUT2D eigenvalue weighted by Crippen LogP contribution is -1.93. The van der Waals surface area contributed by atoms with Gasteiger partial charge in [0.05, 0.1) is 0 Å². The molecule has 110 valence electrons. The molecule has 0 fully saturated rings. The van der Waals surface area contributed by atoms with Crippen molar-refractivity contribution in [1.29, 1.82) is 0 Å². The van der Waals surface area contributed by atoms with Gasteiger partial charge in [-0.3, -0.25) is 0 Å². The zero-order valence-electron chi connectivity index (χ0n) is 13.4. The molecule has 0 atom stereocenters. The summed E-state index contributed by atoms with van der Waals surface area (Å²) in [5, 5.41) is 9.93. The van der Waals surface area contributed by atoms with E-state index in [1.165, 1.54) is 22.3 Å². The first kappa shape index (κ1) is 15.4. The third kappa shape index (κ3) is 3.36. The third-order valence-electron chi connectivity index (χ3n) is 3.87. The van der Waals surface area contributed by atoms with E-state index in [0.29, 0.717) is 11.7 Å². The summed E-state index contributed by atoms with van der Waals surface area (Å²) in [5.74, 6) is 0.844. The minimum Gasteiger partial charge on any atom is -0.507 e. The normalized spacial score (nSPS) is 11.5. The fourth-order valence-electron chi connectivity index (χ4n) is 2.57. The molecule has 21 heavy (non-hydrogen) atoms. The summed E-state index contributed by atoms with van der Waals surface area (Å²) in [4.78, 5) is 0. The molecule has 0 aliphatic rings. The smallest absolute Gasteiger partial charge is 0.122 e. The van der Waals surface area contributed by atoms with E-state index >= 15 is 0 Å². The van der Waals surface area contributed by atoms with Gasteiger partial charge >= 0.3 is 0 Å². The van der Waals surface area contributed by atoms with E-state index in [9.17, 15) is 5.11 Å². The number of hydrogen-bond acceptors (Lipinski definition) is 1. The van der Waals surface area contributed by atoms with Crippen LogP contribution < -0.4 is 0 Å². The number of phenolic OH excluding ortho intramolecular Hbond substituents is 1. The van der Waals surface area contributed by atoms with Crippen LogP contribution in [0.15, 0.2) is 42.5 Å². The van der Waals surface area contributed by atoms with Crippen molar-refractivity contribution in [3.8, 4) is 16.9 Å². The Morgan fingerprint density at radius 1 is 1.10 bits per heavy atom. The van der Waals surface area contributed by atoms with E-state index < -0.39 is 0 Å². The average Bonchev–Trinajstić information content (AvgIpc) is 2.49. The van der Waals surface area contributed by atoms with Gasteiger partial charge in [0.2, 0.25) is 0 Å². The summed E-state index contributed by atoms with van der Waals surface area (Å²) >= 11 is 0. The molecule has 2 aromatic carbocycles. The molecule has 0 bridgehead atoms. The SMILES string of the molecule is CC=Cc1cc(-c2cc(C(C)C)ccc2CC)ccc1O. The van der Waals surface area contributed by atoms with Crippen LogP contribution in [0, 0.1) is 0 Å². The zero-order chi connectivity index (χ0) is 15.4. The monoisotopic (exact) mass is 280 g/mol. The van der Waals surface area contributed by atoms with Crippen LogP contribution in [0.3, 0.4) is 0 Å². The van der Waals surface area contributed by atoms with Crippen molar-refractivity contribution in [3.05, 3.63) is 59.2 Å². The second-order valence-corrected chi connectivity index (χ2v) is 5.70. The highest BCUT2D eigenvalue weighted by Crippen LogP contribution is 2.31. The van der Waals surface area contributed by atoms with Gasteiger partial charge in [-0.15, -0.1) is 0 Å². The second-order valence-electron chi connectivity index (χ2n) is 5.70. The minimum absolute atomic E-state index is 0.329. The molecule has 0 radical (unpaired) electrons. The lowest BCUT2D eigenvalue weighted by Gasteiger charge is -2.14. The summed E-state index contributed by atoms with van der Waals surface area (Å²) in [7, 11) is 0. The van der Waals surface area contributed by atoms with E-state index in [2.05, 4.69) is 45.0 Å². The Labute approximate surface area is 128 Å². The molecule has 0 saturated carbocycles. The van der Waals surface area contributed by atoms with Crippen LogP contribution in [0.4, 0.5) is 0 Å². The van der Waals surface area contributed by atoms with Crippen LogP contribution in [-0.2, 0) is 6.42 Å². The summed E-state index contributed by atoms with van der Waals surface area (Å²) in [6.45, 7) is 8.57. The highest BCUT2D eigenvalue weighted by Gasteiger charge is 2.09. The predicted octanol–water partition coefficient (Wildman–Crippen LogP) is 5.78. The van der Waals surface area contributed by atoms with Gasteiger partial charge in [-0.05, 0) is 53.6 Å². The van der Waals surface area contributed by atoms with Crippen molar-refractivity contribution in [2.45, 2.75) is 40.0 Å². The maximum atomic E-state index is 9.93. The molecule has 0 amide bonds. The molecule has 0 aliphatic carbocycles. The fourth-order valence-corrected chi connectivity index (χ4v) is 2.57. The molecule has 1 N–H and O–H groups in total. The van der Waals surface area contributed by atoms with Gasteiger partial charge in [0, 0.05) is 5.56 Å². The summed E-state index contributed by atoms with van der Waals surface area (Å²) in [6.07, 6.45) is 4.90. The summed E-state index contributed by atoms with van der Waals surface area (Å²) in [6, 6.07) is 12.6. The highest BCUT2D eigenvalue weighted by atomic mass is 16.3. The van der Waals surface area contributed by atoms with Crippen molar-refractivity contribution >= 4 is 6.08 Å². The molecular weight excluding hydrogens is 256 g/mol. The molecule has 0 saturated heterocycles. The molecule has 0 spiro atoms. The number of aryl methyl sites for hydroxylation is 1. The van der Waals surface area contributed by atoms with Gasteiger partial charge in [0.1, 0.15) is 5.75 Å². The molecule has 1 nitrogen and oxygen atoms in total. The van der Waals surface area contributed by atoms with Crippen LogP contribution in [0.2, 0.25) is 0 Å². The molecule has 0 aromatic heterocycles. The molecule has 0 aliphatic heterocycles. The van der Waals surface area contributed by atoms with Crippen molar-refractivity contribution in [2.75, 3.05) is 0 Å².